The molecule has 0 aliphatic heterocycles. The number of hydrogen-bond donors (Lipinski definition) is 1. The van der Waals surface area contributed by atoms with E-state index in [1.807, 2.05) is 36.3 Å². The molecule has 28 heavy (non-hydrogen) atoms. The molecular formula is C24H21ClN2S. The SMILES string of the molecule is Clc1ccc(-c2ccc(CNCCSc3cccc4cnccc34)cc2)cc1. The van der Waals surface area contributed by atoms with Crippen LogP contribution in [0.2, 0.25) is 5.02 Å². The van der Waals surface area contributed by atoms with E-state index in [1.54, 1.807) is 0 Å². The van der Waals surface area contributed by atoms with E-state index >= 15 is 0 Å². The first-order chi connectivity index (χ1) is 13.8. The van der Waals surface area contributed by atoms with Gasteiger partial charge < -0.3 is 5.32 Å². The van der Waals surface area contributed by atoms with Crippen LogP contribution in [0.15, 0.2) is 90.1 Å². The number of halogens is 1. The zero-order chi connectivity index (χ0) is 19.2. The first-order valence-corrected chi connectivity index (χ1v) is 10.7. The van der Waals surface area contributed by atoms with E-state index in [-0.39, 0.29) is 0 Å². The molecule has 4 aromatic rings. The molecule has 3 aromatic carbocycles. The topological polar surface area (TPSA) is 24.9 Å². The van der Waals surface area contributed by atoms with Crippen molar-refractivity contribution in [1.29, 1.82) is 0 Å². The molecule has 0 unspecified atom stereocenters. The maximum Gasteiger partial charge on any atom is 0.0406 e. The lowest BCUT2D eigenvalue weighted by molar-refractivity contribution is 0.732. The van der Waals surface area contributed by atoms with Crippen molar-refractivity contribution in [3.63, 3.8) is 0 Å². The van der Waals surface area contributed by atoms with Crippen molar-refractivity contribution in [1.82, 2.24) is 10.3 Å². The van der Waals surface area contributed by atoms with Crippen LogP contribution in [-0.4, -0.2) is 17.3 Å². The number of aromatic nitrogens is 1. The lowest BCUT2D eigenvalue weighted by atomic mass is 10.0. The molecule has 0 atom stereocenters. The van der Waals surface area contributed by atoms with Gasteiger partial charge in [-0.15, -0.1) is 11.8 Å². The summed E-state index contributed by atoms with van der Waals surface area (Å²) in [6, 6.07) is 25.1. The third-order valence-corrected chi connectivity index (χ3v) is 5.96. The van der Waals surface area contributed by atoms with Gasteiger partial charge in [0.15, 0.2) is 0 Å². The molecule has 2 nitrogen and oxygen atoms in total. The number of nitrogens with zero attached hydrogens (tertiary/aromatic N) is 1. The first-order valence-electron chi connectivity index (χ1n) is 9.31. The third kappa shape index (κ3) is 4.74. The van der Waals surface area contributed by atoms with E-state index < -0.39 is 0 Å². The Labute approximate surface area is 175 Å². The first kappa shape index (κ1) is 19.0. The maximum absolute atomic E-state index is 5.96. The quantitative estimate of drug-likeness (QED) is 0.283. The zero-order valence-electron chi connectivity index (χ0n) is 15.4. The number of thioether (sulfide) groups is 1. The van der Waals surface area contributed by atoms with Gasteiger partial charge >= 0.3 is 0 Å². The monoisotopic (exact) mass is 404 g/mol. The Morgan fingerprint density at radius 3 is 2.39 bits per heavy atom. The Morgan fingerprint density at radius 1 is 0.857 bits per heavy atom. The van der Waals surface area contributed by atoms with E-state index in [0.717, 1.165) is 23.9 Å². The second-order valence-electron chi connectivity index (χ2n) is 6.58. The van der Waals surface area contributed by atoms with Gasteiger partial charge in [0, 0.05) is 46.5 Å². The fourth-order valence-electron chi connectivity index (χ4n) is 3.14. The minimum Gasteiger partial charge on any atom is -0.312 e. The summed E-state index contributed by atoms with van der Waals surface area (Å²) in [6.45, 7) is 1.84. The van der Waals surface area contributed by atoms with E-state index in [0.29, 0.717) is 0 Å². The zero-order valence-corrected chi connectivity index (χ0v) is 17.0. The Bertz CT molecular complexity index is 1040. The van der Waals surface area contributed by atoms with E-state index in [2.05, 4.69) is 71.0 Å². The van der Waals surface area contributed by atoms with Crippen molar-refractivity contribution >= 4 is 34.1 Å². The summed E-state index contributed by atoms with van der Waals surface area (Å²) in [5.41, 5.74) is 3.69. The highest BCUT2D eigenvalue weighted by Crippen LogP contribution is 2.27. The number of fused-ring (bicyclic) bond motifs is 1. The highest BCUT2D eigenvalue weighted by Gasteiger charge is 2.02. The predicted octanol–water partition coefficient (Wildman–Crippen LogP) is 6.44. The van der Waals surface area contributed by atoms with Gasteiger partial charge in [-0.3, -0.25) is 4.98 Å². The maximum atomic E-state index is 5.96. The van der Waals surface area contributed by atoms with E-state index in [1.165, 1.54) is 32.4 Å². The molecular weight excluding hydrogens is 384 g/mol. The van der Waals surface area contributed by atoms with Gasteiger partial charge in [-0.1, -0.05) is 60.1 Å². The van der Waals surface area contributed by atoms with Crippen molar-refractivity contribution in [2.24, 2.45) is 0 Å². The Balaban J connectivity index is 1.27. The van der Waals surface area contributed by atoms with Gasteiger partial charge in [0.25, 0.3) is 0 Å². The molecule has 0 aliphatic rings. The predicted molar refractivity (Wildman–Crippen MR) is 121 cm³/mol. The second kappa shape index (κ2) is 9.24. The van der Waals surface area contributed by atoms with Crippen molar-refractivity contribution in [3.05, 3.63) is 95.8 Å². The highest BCUT2D eigenvalue weighted by molar-refractivity contribution is 7.99. The summed E-state index contributed by atoms with van der Waals surface area (Å²) >= 11 is 7.85. The van der Waals surface area contributed by atoms with Crippen LogP contribution in [0.1, 0.15) is 5.56 Å². The van der Waals surface area contributed by atoms with Crippen LogP contribution in [-0.2, 0) is 6.54 Å². The fraction of sp³-hybridized carbons (Fsp3) is 0.125. The Morgan fingerprint density at radius 2 is 1.61 bits per heavy atom. The molecule has 0 fully saturated rings. The lowest BCUT2D eigenvalue weighted by Crippen LogP contribution is -2.16. The smallest absolute Gasteiger partial charge is 0.0406 e. The summed E-state index contributed by atoms with van der Waals surface area (Å²) in [6.07, 6.45) is 3.78. The molecule has 0 aliphatic carbocycles. The molecule has 1 aromatic heterocycles. The Hall–Kier alpha value is -2.33. The molecule has 1 N–H and O–H groups in total. The summed E-state index contributed by atoms with van der Waals surface area (Å²) in [5.74, 6) is 1.03. The van der Waals surface area contributed by atoms with Crippen LogP contribution in [0.5, 0.6) is 0 Å². The lowest BCUT2D eigenvalue weighted by Gasteiger charge is -2.08. The molecule has 0 bridgehead atoms. The summed E-state index contributed by atoms with van der Waals surface area (Å²) in [4.78, 5) is 5.51. The fourth-order valence-corrected chi connectivity index (χ4v) is 4.25. The molecule has 0 saturated carbocycles. The molecule has 4 heteroatoms. The average Bonchev–Trinajstić information content (AvgIpc) is 2.75. The minimum atomic E-state index is 0.766. The minimum absolute atomic E-state index is 0.766. The summed E-state index contributed by atoms with van der Waals surface area (Å²) in [5, 5.41) is 6.78. The van der Waals surface area contributed by atoms with E-state index in [9.17, 15) is 0 Å². The molecule has 140 valence electrons. The van der Waals surface area contributed by atoms with Crippen LogP contribution in [0.3, 0.4) is 0 Å². The van der Waals surface area contributed by atoms with Crippen molar-refractivity contribution in [2.45, 2.75) is 11.4 Å². The van der Waals surface area contributed by atoms with Gasteiger partial charge in [0.05, 0.1) is 0 Å². The van der Waals surface area contributed by atoms with Gasteiger partial charge in [0.2, 0.25) is 0 Å². The number of benzene rings is 3. The van der Waals surface area contributed by atoms with Crippen LogP contribution >= 0.6 is 23.4 Å². The number of pyridine rings is 1. The molecule has 0 saturated heterocycles. The molecule has 0 radical (unpaired) electrons. The summed E-state index contributed by atoms with van der Waals surface area (Å²) < 4.78 is 0. The standard InChI is InChI=1S/C24H21ClN2S/c25-22-10-8-20(9-11-22)19-6-4-18(5-7-19)16-27-14-15-28-24-3-1-2-21-17-26-13-12-23(21)24/h1-13,17,27H,14-16H2. The molecule has 0 spiro atoms. The summed E-state index contributed by atoms with van der Waals surface area (Å²) in [7, 11) is 0. The van der Waals surface area contributed by atoms with Crippen LogP contribution in [0.4, 0.5) is 0 Å². The van der Waals surface area contributed by atoms with Crippen LogP contribution in [0, 0.1) is 0 Å². The third-order valence-electron chi connectivity index (χ3n) is 4.64. The van der Waals surface area contributed by atoms with Crippen LogP contribution < -0.4 is 5.32 Å². The van der Waals surface area contributed by atoms with Gasteiger partial charge in [-0.05, 0) is 46.3 Å². The van der Waals surface area contributed by atoms with Crippen molar-refractivity contribution in [2.75, 3.05) is 12.3 Å². The van der Waals surface area contributed by atoms with Crippen molar-refractivity contribution in [3.8, 4) is 11.1 Å². The normalized spacial score (nSPS) is 11.0. The molecule has 0 amide bonds. The average molecular weight is 405 g/mol. The van der Waals surface area contributed by atoms with Gasteiger partial charge in [-0.25, -0.2) is 0 Å². The molecule has 1 heterocycles. The second-order valence-corrected chi connectivity index (χ2v) is 8.16. The number of hydrogen-bond acceptors (Lipinski definition) is 3. The highest BCUT2D eigenvalue weighted by atomic mass is 35.5. The number of nitrogens with one attached hydrogen (secondary N) is 1. The van der Waals surface area contributed by atoms with Gasteiger partial charge in [0.1, 0.15) is 0 Å². The Kier molecular flexibility index (Phi) is 6.27. The largest absolute Gasteiger partial charge is 0.312 e. The van der Waals surface area contributed by atoms with Crippen molar-refractivity contribution < 1.29 is 0 Å². The van der Waals surface area contributed by atoms with Crippen LogP contribution in [0.25, 0.3) is 21.9 Å². The number of rotatable bonds is 7. The molecule has 4 rings (SSSR count). The van der Waals surface area contributed by atoms with E-state index in [4.69, 9.17) is 11.6 Å². The van der Waals surface area contributed by atoms with Gasteiger partial charge in [-0.2, -0.15) is 0 Å².